The fourth-order valence-corrected chi connectivity index (χ4v) is 1.34. The van der Waals surface area contributed by atoms with E-state index >= 15 is 0 Å². The van der Waals surface area contributed by atoms with Crippen LogP contribution in [-0.4, -0.2) is 15.3 Å². The van der Waals surface area contributed by atoms with Crippen LogP contribution in [0.3, 0.4) is 0 Å². The SMILES string of the molecule is CC(C)(C)C(=O)Cn1cc(Br)c(=O)[nH]c1=O. The van der Waals surface area contributed by atoms with Crippen molar-refractivity contribution in [3.05, 3.63) is 31.5 Å². The molecule has 0 aliphatic rings. The quantitative estimate of drug-likeness (QED) is 0.879. The fraction of sp³-hybridized carbons (Fsp3) is 0.500. The lowest BCUT2D eigenvalue weighted by molar-refractivity contribution is -0.126. The molecule has 16 heavy (non-hydrogen) atoms. The van der Waals surface area contributed by atoms with Crippen molar-refractivity contribution in [2.24, 2.45) is 5.41 Å². The second-order valence-corrected chi connectivity index (χ2v) is 5.39. The molecule has 0 saturated heterocycles. The summed E-state index contributed by atoms with van der Waals surface area (Å²) in [7, 11) is 0. The number of carbonyl (C=O) groups is 1. The Kier molecular flexibility index (Phi) is 3.52. The van der Waals surface area contributed by atoms with Crippen LogP contribution in [0.5, 0.6) is 0 Å². The summed E-state index contributed by atoms with van der Waals surface area (Å²) < 4.78 is 1.41. The smallest absolute Gasteiger partial charge is 0.297 e. The minimum Gasteiger partial charge on any atom is -0.297 e. The third-order valence-electron chi connectivity index (χ3n) is 2.12. The Hall–Kier alpha value is -1.17. The number of H-pyrrole nitrogens is 1. The van der Waals surface area contributed by atoms with E-state index < -0.39 is 16.7 Å². The number of Topliss-reactive ketones (excluding diaryl/α,β-unsaturated/α-hetero) is 1. The van der Waals surface area contributed by atoms with Crippen molar-refractivity contribution in [1.29, 1.82) is 0 Å². The predicted octanol–water partition coefficient (Wildman–Crippen LogP) is 0.914. The van der Waals surface area contributed by atoms with Crippen molar-refractivity contribution < 1.29 is 4.79 Å². The third-order valence-corrected chi connectivity index (χ3v) is 2.68. The van der Waals surface area contributed by atoms with Gasteiger partial charge >= 0.3 is 5.69 Å². The van der Waals surface area contributed by atoms with E-state index in [1.807, 2.05) is 0 Å². The number of hydrogen-bond donors (Lipinski definition) is 1. The lowest BCUT2D eigenvalue weighted by Gasteiger charge is -2.16. The minimum atomic E-state index is -0.578. The van der Waals surface area contributed by atoms with Gasteiger partial charge in [-0.25, -0.2) is 4.79 Å². The lowest BCUT2D eigenvalue weighted by atomic mass is 9.91. The highest BCUT2D eigenvalue weighted by atomic mass is 79.9. The van der Waals surface area contributed by atoms with Gasteiger partial charge in [0.25, 0.3) is 5.56 Å². The highest BCUT2D eigenvalue weighted by Gasteiger charge is 2.21. The fourth-order valence-electron chi connectivity index (χ4n) is 0.992. The van der Waals surface area contributed by atoms with Crippen LogP contribution in [0.15, 0.2) is 20.3 Å². The molecule has 1 aromatic rings. The molecule has 1 rings (SSSR count). The lowest BCUT2D eigenvalue weighted by Crippen LogP contribution is -2.35. The van der Waals surface area contributed by atoms with Gasteiger partial charge in [0.15, 0.2) is 5.78 Å². The average molecular weight is 289 g/mol. The number of rotatable bonds is 2. The van der Waals surface area contributed by atoms with Crippen LogP contribution >= 0.6 is 15.9 Å². The molecule has 0 saturated carbocycles. The molecular weight excluding hydrogens is 276 g/mol. The first-order chi connectivity index (χ1) is 7.21. The van der Waals surface area contributed by atoms with E-state index in [0.717, 1.165) is 0 Å². The molecule has 0 aliphatic carbocycles. The Morgan fingerprint density at radius 2 is 2.00 bits per heavy atom. The zero-order chi connectivity index (χ0) is 12.5. The van der Waals surface area contributed by atoms with Crippen LogP contribution in [0.2, 0.25) is 0 Å². The summed E-state index contributed by atoms with van der Waals surface area (Å²) in [4.78, 5) is 36.3. The summed E-state index contributed by atoms with van der Waals surface area (Å²) in [6.45, 7) is 5.29. The predicted molar refractivity (Wildman–Crippen MR) is 63.5 cm³/mol. The minimum absolute atomic E-state index is 0.0439. The first-order valence-electron chi connectivity index (χ1n) is 4.74. The summed E-state index contributed by atoms with van der Waals surface area (Å²) in [5.41, 5.74) is -1.59. The third kappa shape index (κ3) is 2.91. The van der Waals surface area contributed by atoms with Gasteiger partial charge in [-0.05, 0) is 15.9 Å². The van der Waals surface area contributed by atoms with Crippen LogP contribution < -0.4 is 11.2 Å². The van der Waals surface area contributed by atoms with E-state index in [9.17, 15) is 14.4 Å². The molecular formula is C10H13BrN2O3. The van der Waals surface area contributed by atoms with E-state index in [4.69, 9.17) is 0 Å². The first kappa shape index (κ1) is 12.9. The molecule has 0 spiro atoms. The van der Waals surface area contributed by atoms with Gasteiger partial charge in [0.2, 0.25) is 0 Å². The van der Waals surface area contributed by atoms with Gasteiger partial charge in [-0.15, -0.1) is 0 Å². The molecule has 0 bridgehead atoms. The number of aromatic amines is 1. The van der Waals surface area contributed by atoms with Crippen molar-refractivity contribution in [2.45, 2.75) is 27.3 Å². The van der Waals surface area contributed by atoms with Gasteiger partial charge in [0, 0.05) is 11.6 Å². The number of ketones is 1. The highest BCUT2D eigenvalue weighted by Crippen LogP contribution is 2.15. The summed E-state index contributed by atoms with van der Waals surface area (Å²) in [6, 6.07) is 0. The van der Waals surface area contributed by atoms with Gasteiger partial charge in [0.05, 0.1) is 11.0 Å². The molecule has 1 N–H and O–H groups in total. The molecule has 0 aromatic carbocycles. The number of nitrogens with zero attached hydrogens (tertiary/aromatic N) is 1. The van der Waals surface area contributed by atoms with Crippen LogP contribution in [0, 0.1) is 5.41 Å². The summed E-state index contributed by atoms with van der Waals surface area (Å²) in [5.74, 6) is -0.0754. The first-order valence-corrected chi connectivity index (χ1v) is 5.53. The number of hydrogen-bond acceptors (Lipinski definition) is 3. The topological polar surface area (TPSA) is 71.9 Å². The largest absolute Gasteiger partial charge is 0.328 e. The molecule has 88 valence electrons. The Labute approximate surface area is 101 Å². The van der Waals surface area contributed by atoms with Crippen LogP contribution in [0.25, 0.3) is 0 Å². The molecule has 0 amide bonds. The molecule has 1 aromatic heterocycles. The van der Waals surface area contributed by atoms with Crippen LogP contribution in [0.4, 0.5) is 0 Å². The van der Waals surface area contributed by atoms with Crippen molar-refractivity contribution in [3.63, 3.8) is 0 Å². The van der Waals surface area contributed by atoms with Crippen LogP contribution in [0.1, 0.15) is 20.8 Å². The maximum atomic E-state index is 11.7. The molecule has 5 nitrogen and oxygen atoms in total. The highest BCUT2D eigenvalue weighted by molar-refractivity contribution is 9.10. The van der Waals surface area contributed by atoms with Crippen molar-refractivity contribution in [3.8, 4) is 0 Å². The molecule has 0 radical (unpaired) electrons. The van der Waals surface area contributed by atoms with Gasteiger partial charge in [-0.1, -0.05) is 20.8 Å². The number of nitrogens with one attached hydrogen (secondary N) is 1. The van der Waals surface area contributed by atoms with Gasteiger partial charge in [-0.3, -0.25) is 19.1 Å². The Balaban J connectivity index is 3.09. The average Bonchev–Trinajstić information content (AvgIpc) is 2.12. The van der Waals surface area contributed by atoms with Gasteiger partial charge < -0.3 is 0 Å². The molecule has 0 aliphatic heterocycles. The Bertz CT molecular complexity index is 522. The van der Waals surface area contributed by atoms with Crippen molar-refractivity contribution in [1.82, 2.24) is 9.55 Å². The standard InChI is InChI=1S/C10H13BrN2O3/c1-10(2,3)7(14)5-13-4-6(11)8(15)12-9(13)16/h4H,5H2,1-3H3,(H,12,15,16). The zero-order valence-electron chi connectivity index (χ0n) is 9.33. The van der Waals surface area contributed by atoms with Gasteiger partial charge in [0.1, 0.15) is 0 Å². The second-order valence-electron chi connectivity index (χ2n) is 4.54. The number of carbonyl (C=O) groups excluding carboxylic acids is 1. The van der Waals surface area contributed by atoms with Crippen molar-refractivity contribution in [2.75, 3.05) is 0 Å². The van der Waals surface area contributed by atoms with Crippen molar-refractivity contribution >= 4 is 21.7 Å². The molecule has 0 fully saturated rings. The molecule has 1 heterocycles. The maximum Gasteiger partial charge on any atom is 0.328 e. The molecule has 0 atom stereocenters. The van der Waals surface area contributed by atoms with E-state index in [2.05, 4.69) is 20.9 Å². The van der Waals surface area contributed by atoms with E-state index in [1.54, 1.807) is 20.8 Å². The Morgan fingerprint density at radius 1 is 1.44 bits per heavy atom. The maximum absolute atomic E-state index is 11.7. The summed E-state index contributed by atoms with van der Waals surface area (Å²) >= 11 is 3.01. The molecule has 0 unspecified atom stereocenters. The van der Waals surface area contributed by atoms with E-state index in [0.29, 0.717) is 0 Å². The second kappa shape index (κ2) is 4.37. The zero-order valence-corrected chi connectivity index (χ0v) is 10.9. The monoisotopic (exact) mass is 288 g/mol. The summed E-state index contributed by atoms with van der Waals surface area (Å²) in [5, 5.41) is 0. The Morgan fingerprint density at radius 3 is 2.50 bits per heavy atom. The van der Waals surface area contributed by atoms with E-state index in [1.165, 1.54) is 10.8 Å². The summed E-state index contributed by atoms with van der Waals surface area (Å²) in [6.07, 6.45) is 1.32. The van der Waals surface area contributed by atoms with Crippen LogP contribution in [-0.2, 0) is 11.3 Å². The van der Waals surface area contributed by atoms with E-state index in [-0.39, 0.29) is 16.8 Å². The van der Waals surface area contributed by atoms with Gasteiger partial charge in [-0.2, -0.15) is 0 Å². The molecule has 6 heteroatoms. The number of halogens is 1. The normalized spacial score (nSPS) is 11.5. The number of aromatic nitrogens is 2.